The summed E-state index contributed by atoms with van der Waals surface area (Å²) in [6.45, 7) is 10.0. The first kappa shape index (κ1) is 23.7. The van der Waals surface area contributed by atoms with E-state index in [1.165, 1.54) is 0 Å². The van der Waals surface area contributed by atoms with Gasteiger partial charge >= 0.3 is 6.01 Å². The summed E-state index contributed by atoms with van der Waals surface area (Å²) in [7, 11) is 0. The van der Waals surface area contributed by atoms with Crippen LogP contribution in [-0.2, 0) is 4.74 Å². The van der Waals surface area contributed by atoms with E-state index >= 15 is 0 Å². The summed E-state index contributed by atoms with van der Waals surface area (Å²) in [5.74, 6) is 2.82. The van der Waals surface area contributed by atoms with Gasteiger partial charge in [-0.3, -0.25) is 4.79 Å². The minimum Gasteiger partial charge on any atom is -0.478 e. The molecule has 180 valence electrons. The summed E-state index contributed by atoms with van der Waals surface area (Å²) in [5, 5.41) is 4.07. The van der Waals surface area contributed by atoms with Crippen LogP contribution in [-0.4, -0.2) is 53.8 Å². The van der Waals surface area contributed by atoms with Gasteiger partial charge in [-0.05, 0) is 56.9 Å². The monoisotopic (exact) mass is 456 g/mol. The Labute approximate surface area is 196 Å². The van der Waals surface area contributed by atoms with E-state index in [9.17, 15) is 4.79 Å². The van der Waals surface area contributed by atoms with Crippen molar-refractivity contribution in [2.45, 2.75) is 65.2 Å². The average molecular weight is 457 g/mol. The summed E-state index contributed by atoms with van der Waals surface area (Å²) in [5.41, 5.74) is 1.44. The SMILES string of the molecule is Cc1nc(OCCCC2CCN(c3nc(C(C)C)no3)CC2)ccc1C(=O)C[C@@H]1CCOC1. The lowest BCUT2D eigenvalue weighted by molar-refractivity contribution is 0.0951. The molecule has 0 bridgehead atoms. The molecule has 2 fully saturated rings. The maximum absolute atomic E-state index is 12.6. The van der Waals surface area contributed by atoms with E-state index in [1.54, 1.807) is 0 Å². The van der Waals surface area contributed by atoms with Crippen LogP contribution in [0.2, 0.25) is 0 Å². The molecule has 0 unspecified atom stereocenters. The fraction of sp³-hybridized carbons (Fsp3) is 0.680. The zero-order valence-electron chi connectivity index (χ0n) is 20.1. The fourth-order valence-electron chi connectivity index (χ4n) is 4.58. The summed E-state index contributed by atoms with van der Waals surface area (Å²) in [6, 6.07) is 4.33. The topological polar surface area (TPSA) is 90.6 Å². The summed E-state index contributed by atoms with van der Waals surface area (Å²) >= 11 is 0. The van der Waals surface area contributed by atoms with Gasteiger partial charge in [0.25, 0.3) is 0 Å². The van der Waals surface area contributed by atoms with Crippen LogP contribution in [0.3, 0.4) is 0 Å². The molecule has 0 aromatic carbocycles. The van der Waals surface area contributed by atoms with Crippen LogP contribution < -0.4 is 9.64 Å². The standard InChI is InChI=1S/C25H36N4O4/c1-17(2)24-27-25(33-28-24)29-11-8-19(9-12-29)5-4-13-32-23-7-6-21(18(3)26-23)22(30)15-20-10-14-31-16-20/h6-7,17,19-20H,4-5,8-16H2,1-3H3/t20-/m0/s1. The maximum atomic E-state index is 12.6. The lowest BCUT2D eigenvalue weighted by atomic mass is 9.92. The molecule has 4 rings (SSSR count). The van der Waals surface area contributed by atoms with E-state index in [2.05, 4.69) is 33.9 Å². The molecule has 0 radical (unpaired) electrons. The van der Waals surface area contributed by atoms with Gasteiger partial charge in [0.2, 0.25) is 5.88 Å². The number of carbonyl (C=O) groups excluding carboxylic acids is 1. The Morgan fingerprint density at radius 2 is 2.00 bits per heavy atom. The van der Waals surface area contributed by atoms with Gasteiger partial charge in [-0.15, -0.1) is 0 Å². The average Bonchev–Trinajstić information content (AvgIpc) is 3.50. The van der Waals surface area contributed by atoms with Crippen molar-refractivity contribution in [3.63, 3.8) is 0 Å². The fourth-order valence-corrected chi connectivity index (χ4v) is 4.58. The number of piperidine rings is 1. The first-order valence-corrected chi connectivity index (χ1v) is 12.3. The van der Waals surface area contributed by atoms with Crippen LogP contribution in [0.5, 0.6) is 5.88 Å². The zero-order valence-corrected chi connectivity index (χ0v) is 20.1. The van der Waals surface area contributed by atoms with E-state index in [4.69, 9.17) is 14.0 Å². The number of aromatic nitrogens is 3. The number of aryl methyl sites for hydroxylation is 1. The lowest BCUT2D eigenvalue weighted by Crippen LogP contribution is -2.34. The number of ketones is 1. The number of hydrogen-bond acceptors (Lipinski definition) is 8. The summed E-state index contributed by atoms with van der Waals surface area (Å²) < 4.78 is 16.7. The van der Waals surface area contributed by atoms with Crippen molar-refractivity contribution < 1.29 is 18.8 Å². The number of pyridine rings is 1. The molecule has 2 saturated heterocycles. The number of anilines is 1. The van der Waals surface area contributed by atoms with E-state index in [-0.39, 0.29) is 11.7 Å². The molecule has 0 spiro atoms. The highest BCUT2D eigenvalue weighted by atomic mass is 16.5. The van der Waals surface area contributed by atoms with Crippen LogP contribution in [0.15, 0.2) is 16.7 Å². The van der Waals surface area contributed by atoms with Crippen molar-refractivity contribution >= 4 is 11.8 Å². The second kappa shape index (κ2) is 11.1. The Morgan fingerprint density at radius 1 is 1.18 bits per heavy atom. The van der Waals surface area contributed by atoms with Crippen LogP contribution in [0.4, 0.5) is 6.01 Å². The molecular weight excluding hydrogens is 420 g/mol. The van der Waals surface area contributed by atoms with Gasteiger partial charge in [0, 0.05) is 50.3 Å². The van der Waals surface area contributed by atoms with Crippen molar-refractivity contribution in [1.82, 2.24) is 15.1 Å². The van der Waals surface area contributed by atoms with Crippen LogP contribution in [0.25, 0.3) is 0 Å². The normalized spacial score (nSPS) is 19.4. The molecule has 8 heteroatoms. The molecule has 2 aliphatic heterocycles. The Kier molecular flexibility index (Phi) is 7.96. The first-order valence-electron chi connectivity index (χ1n) is 12.3. The van der Waals surface area contributed by atoms with E-state index in [1.807, 2.05) is 19.1 Å². The van der Waals surface area contributed by atoms with Gasteiger partial charge in [-0.25, -0.2) is 4.98 Å². The second-order valence-electron chi connectivity index (χ2n) is 9.65. The number of hydrogen-bond donors (Lipinski definition) is 0. The Bertz CT molecular complexity index is 915. The van der Waals surface area contributed by atoms with Crippen molar-refractivity contribution in [1.29, 1.82) is 0 Å². The predicted molar refractivity (Wildman–Crippen MR) is 125 cm³/mol. The number of nitrogens with zero attached hydrogens (tertiary/aromatic N) is 4. The van der Waals surface area contributed by atoms with Crippen molar-refractivity contribution in [3.05, 3.63) is 29.2 Å². The minimum atomic E-state index is 0.148. The smallest absolute Gasteiger partial charge is 0.324 e. The Balaban J connectivity index is 1.16. The molecule has 0 aliphatic carbocycles. The summed E-state index contributed by atoms with van der Waals surface area (Å²) in [6.07, 6.45) is 5.88. The number of rotatable bonds is 10. The molecule has 0 N–H and O–H groups in total. The molecule has 2 aromatic heterocycles. The third kappa shape index (κ3) is 6.31. The van der Waals surface area contributed by atoms with Gasteiger partial charge in [-0.1, -0.05) is 19.0 Å². The molecule has 2 aliphatic rings. The highest BCUT2D eigenvalue weighted by Crippen LogP contribution is 2.26. The number of carbonyl (C=O) groups is 1. The van der Waals surface area contributed by atoms with Gasteiger partial charge in [-0.2, -0.15) is 4.98 Å². The third-order valence-corrected chi connectivity index (χ3v) is 6.70. The van der Waals surface area contributed by atoms with Crippen molar-refractivity contribution in [2.24, 2.45) is 11.8 Å². The summed E-state index contributed by atoms with van der Waals surface area (Å²) in [4.78, 5) is 23.8. The van der Waals surface area contributed by atoms with E-state index < -0.39 is 0 Å². The molecule has 8 nitrogen and oxygen atoms in total. The molecule has 4 heterocycles. The number of ether oxygens (including phenoxy) is 2. The maximum Gasteiger partial charge on any atom is 0.324 e. The van der Waals surface area contributed by atoms with Gasteiger partial charge in [0.15, 0.2) is 11.6 Å². The highest BCUT2D eigenvalue weighted by Gasteiger charge is 2.24. The van der Waals surface area contributed by atoms with Crippen molar-refractivity contribution in [3.8, 4) is 5.88 Å². The van der Waals surface area contributed by atoms with Gasteiger partial charge in [0.05, 0.1) is 12.3 Å². The Hall–Kier alpha value is -2.48. The van der Waals surface area contributed by atoms with E-state index in [0.29, 0.717) is 48.9 Å². The van der Waals surface area contributed by atoms with Gasteiger partial charge in [0.1, 0.15) is 0 Å². The Morgan fingerprint density at radius 3 is 2.67 bits per heavy atom. The highest BCUT2D eigenvalue weighted by molar-refractivity contribution is 5.97. The molecule has 2 aromatic rings. The molecule has 0 amide bonds. The third-order valence-electron chi connectivity index (χ3n) is 6.70. The molecule has 33 heavy (non-hydrogen) atoms. The predicted octanol–water partition coefficient (Wildman–Crippen LogP) is 4.58. The quantitative estimate of drug-likeness (QED) is 0.379. The van der Waals surface area contributed by atoms with Crippen molar-refractivity contribution in [2.75, 3.05) is 37.8 Å². The lowest BCUT2D eigenvalue weighted by Gasteiger charge is -2.30. The molecule has 1 atom stereocenters. The first-order chi connectivity index (χ1) is 16.0. The molecule has 0 saturated carbocycles. The van der Waals surface area contributed by atoms with Crippen LogP contribution >= 0.6 is 0 Å². The van der Waals surface area contributed by atoms with Crippen LogP contribution in [0.1, 0.15) is 80.2 Å². The molecular formula is C25H36N4O4. The second-order valence-corrected chi connectivity index (χ2v) is 9.65. The van der Waals surface area contributed by atoms with E-state index in [0.717, 1.165) is 63.3 Å². The van der Waals surface area contributed by atoms with Crippen LogP contribution in [0, 0.1) is 18.8 Å². The largest absolute Gasteiger partial charge is 0.478 e. The zero-order chi connectivity index (χ0) is 23.2. The number of Topliss-reactive ketones (excluding diaryl/α,β-unsaturated/α-hetero) is 1. The van der Waals surface area contributed by atoms with Gasteiger partial charge < -0.3 is 18.9 Å². The minimum absolute atomic E-state index is 0.148.